The number of likely N-dealkylation sites (tertiary alicyclic amines) is 1. The van der Waals surface area contributed by atoms with Gasteiger partial charge in [-0.05, 0) is 51.8 Å². The minimum absolute atomic E-state index is 0.0545. The van der Waals surface area contributed by atoms with E-state index in [0.29, 0.717) is 5.56 Å². The summed E-state index contributed by atoms with van der Waals surface area (Å²) in [6, 6.07) is 2.20. The number of hydrogen-bond acceptors (Lipinski definition) is 5. The van der Waals surface area contributed by atoms with Gasteiger partial charge in [0.05, 0.1) is 12.6 Å². The molecule has 0 aromatic heterocycles. The van der Waals surface area contributed by atoms with Crippen LogP contribution in [0.4, 0.5) is 13.6 Å². The Labute approximate surface area is 157 Å². The summed E-state index contributed by atoms with van der Waals surface area (Å²) in [6.07, 6.45) is -2.15. The molecule has 1 fully saturated rings. The Morgan fingerprint density at radius 3 is 2.37 bits per heavy atom. The van der Waals surface area contributed by atoms with Crippen LogP contribution in [-0.4, -0.2) is 53.0 Å². The van der Waals surface area contributed by atoms with E-state index in [1.54, 1.807) is 27.7 Å². The topological polar surface area (TPSA) is 76.1 Å². The first-order valence-electron chi connectivity index (χ1n) is 8.82. The molecule has 0 spiro atoms. The van der Waals surface area contributed by atoms with E-state index in [1.165, 1.54) is 17.0 Å². The molecule has 1 saturated heterocycles. The number of aliphatic hydroxyl groups is 1. The van der Waals surface area contributed by atoms with Gasteiger partial charge in [0.1, 0.15) is 17.2 Å². The third kappa shape index (κ3) is 5.38. The molecule has 2 unspecified atom stereocenters. The van der Waals surface area contributed by atoms with Crippen LogP contribution in [0.15, 0.2) is 18.2 Å². The summed E-state index contributed by atoms with van der Waals surface area (Å²) in [5, 5.41) is 10.4. The molecule has 0 radical (unpaired) electrons. The third-order valence-corrected chi connectivity index (χ3v) is 4.22. The largest absolute Gasteiger partial charge is 0.464 e. The van der Waals surface area contributed by atoms with Crippen molar-refractivity contribution in [3.63, 3.8) is 0 Å². The molecule has 6 nitrogen and oxygen atoms in total. The van der Waals surface area contributed by atoms with E-state index in [-0.39, 0.29) is 19.6 Å². The number of hydrogen-bond donors (Lipinski definition) is 1. The molecule has 0 saturated carbocycles. The van der Waals surface area contributed by atoms with Crippen molar-refractivity contribution in [3.8, 4) is 0 Å². The van der Waals surface area contributed by atoms with Crippen molar-refractivity contribution in [1.82, 2.24) is 4.90 Å². The monoisotopic (exact) mass is 385 g/mol. The Hall–Kier alpha value is -2.22. The van der Waals surface area contributed by atoms with E-state index >= 15 is 0 Å². The highest BCUT2D eigenvalue weighted by Crippen LogP contribution is 2.35. The maximum atomic E-state index is 13.6. The zero-order valence-electron chi connectivity index (χ0n) is 15.9. The highest BCUT2D eigenvalue weighted by molar-refractivity contribution is 5.77. The molecule has 1 amide bonds. The Morgan fingerprint density at radius 2 is 1.85 bits per heavy atom. The van der Waals surface area contributed by atoms with E-state index in [0.717, 1.165) is 6.07 Å². The van der Waals surface area contributed by atoms with Crippen LogP contribution in [0.3, 0.4) is 0 Å². The fourth-order valence-electron chi connectivity index (χ4n) is 3.13. The molecule has 1 aromatic carbocycles. The molecule has 8 heteroatoms. The lowest BCUT2D eigenvalue weighted by atomic mass is 9.94. The predicted molar refractivity (Wildman–Crippen MR) is 93.1 cm³/mol. The average molecular weight is 385 g/mol. The van der Waals surface area contributed by atoms with Crippen LogP contribution >= 0.6 is 0 Å². The van der Waals surface area contributed by atoms with Gasteiger partial charge in [0, 0.05) is 18.5 Å². The van der Waals surface area contributed by atoms with E-state index in [1.807, 2.05) is 0 Å². The van der Waals surface area contributed by atoms with Crippen molar-refractivity contribution in [2.75, 3.05) is 13.2 Å². The van der Waals surface area contributed by atoms with Gasteiger partial charge < -0.3 is 19.5 Å². The Kier molecular flexibility index (Phi) is 6.41. The molecule has 1 aliphatic heterocycles. The first-order valence-corrected chi connectivity index (χ1v) is 8.82. The van der Waals surface area contributed by atoms with Gasteiger partial charge in [0.25, 0.3) is 0 Å². The van der Waals surface area contributed by atoms with Crippen molar-refractivity contribution < 1.29 is 33.0 Å². The Balaban J connectivity index is 2.29. The van der Waals surface area contributed by atoms with Gasteiger partial charge in [0.2, 0.25) is 0 Å². The molecule has 1 N–H and O–H groups in total. The summed E-state index contributed by atoms with van der Waals surface area (Å²) in [7, 11) is 0. The fourth-order valence-corrected chi connectivity index (χ4v) is 3.13. The van der Waals surface area contributed by atoms with Crippen LogP contribution in [0.5, 0.6) is 0 Å². The van der Waals surface area contributed by atoms with Crippen LogP contribution in [0.2, 0.25) is 0 Å². The lowest BCUT2D eigenvalue weighted by Gasteiger charge is -2.30. The molecule has 1 aromatic rings. The number of halogens is 2. The summed E-state index contributed by atoms with van der Waals surface area (Å²) in [6.45, 7) is 6.81. The summed E-state index contributed by atoms with van der Waals surface area (Å²) in [5.41, 5.74) is -0.431. The molecule has 3 atom stereocenters. The van der Waals surface area contributed by atoms with Gasteiger partial charge in [-0.25, -0.2) is 18.4 Å². The minimum Gasteiger partial charge on any atom is -0.464 e. The second-order valence-electron chi connectivity index (χ2n) is 7.53. The molecule has 2 rings (SSSR count). The summed E-state index contributed by atoms with van der Waals surface area (Å²) >= 11 is 0. The SMILES string of the molecule is CCOC(=O)C(O)C1C[C@@H](c2cc(F)cc(F)c2)CN1C(=O)OC(C)(C)C. The van der Waals surface area contributed by atoms with Gasteiger partial charge >= 0.3 is 12.1 Å². The standard InChI is InChI=1S/C19H25F2NO5/c1-5-26-17(24)16(23)15-8-12(11-6-13(20)9-14(21)7-11)10-22(15)18(25)27-19(2,3)4/h6-7,9,12,15-16,23H,5,8,10H2,1-4H3/t12-,15?,16?/m1/s1. The van der Waals surface area contributed by atoms with Gasteiger partial charge in [0.15, 0.2) is 6.10 Å². The number of nitrogens with zero attached hydrogens (tertiary/aromatic N) is 1. The first kappa shape index (κ1) is 21.1. The average Bonchev–Trinajstić information content (AvgIpc) is 2.97. The van der Waals surface area contributed by atoms with Crippen molar-refractivity contribution in [2.24, 2.45) is 0 Å². The van der Waals surface area contributed by atoms with Gasteiger partial charge in [-0.1, -0.05) is 0 Å². The van der Waals surface area contributed by atoms with Crippen LogP contribution in [0.1, 0.15) is 45.6 Å². The quantitative estimate of drug-likeness (QED) is 0.807. The molecule has 0 aliphatic carbocycles. The van der Waals surface area contributed by atoms with Crippen molar-refractivity contribution >= 4 is 12.1 Å². The molecular formula is C19H25F2NO5. The predicted octanol–water partition coefficient (Wildman–Crippen LogP) is 2.98. The highest BCUT2D eigenvalue weighted by atomic mass is 19.1. The highest BCUT2D eigenvalue weighted by Gasteiger charge is 2.44. The second kappa shape index (κ2) is 8.21. The zero-order valence-corrected chi connectivity index (χ0v) is 15.9. The van der Waals surface area contributed by atoms with Crippen LogP contribution in [0.25, 0.3) is 0 Å². The molecule has 1 heterocycles. The van der Waals surface area contributed by atoms with Crippen LogP contribution in [0, 0.1) is 11.6 Å². The third-order valence-electron chi connectivity index (χ3n) is 4.22. The first-order chi connectivity index (χ1) is 12.5. The van der Waals surface area contributed by atoms with Crippen LogP contribution in [-0.2, 0) is 14.3 Å². The van der Waals surface area contributed by atoms with E-state index in [9.17, 15) is 23.5 Å². The molecule has 150 valence electrons. The molecule has 0 bridgehead atoms. The molecule has 1 aliphatic rings. The number of rotatable bonds is 4. The van der Waals surface area contributed by atoms with Crippen molar-refractivity contribution in [3.05, 3.63) is 35.4 Å². The van der Waals surface area contributed by atoms with E-state index in [4.69, 9.17) is 9.47 Å². The van der Waals surface area contributed by atoms with E-state index < -0.39 is 47.4 Å². The van der Waals surface area contributed by atoms with Gasteiger partial charge in [-0.15, -0.1) is 0 Å². The number of ether oxygens (including phenoxy) is 2. The number of esters is 1. The smallest absolute Gasteiger partial charge is 0.410 e. The maximum Gasteiger partial charge on any atom is 0.410 e. The summed E-state index contributed by atoms with van der Waals surface area (Å²) in [5.74, 6) is -2.79. The minimum atomic E-state index is -1.58. The van der Waals surface area contributed by atoms with E-state index in [2.05, 4.69) is 0 Å². The number of amides is 1. The fraction of sp³-hybridized carbons (Fsp3) is 0.579. The normalized spacial score (nSPS) is 21.1. The maximum absolute atomic E-state index is 13.6. The summed E-state index contributed by atoms with van der Waals surface area (Å²) in [4.78, 5) is 25.7. The van der Waals surface area contributed by atoms with Crippen molar-refractivity contribution in [1.29, 1.82) is 0 Å². The molecular weight excluding hydrogens is 360 g/mol. The van der Waals surface area contributed by atoms with Gasteiger partial charge in [-0.2, -0.15) is 0 Å². The van der Waals surface area contributed by atoms with Crippen molar-refractivity contribution in [2.45, 2.75) is 57.8 Å². The number of carbonyl (C=O) groups is 2. The Bertz CT molecular complexity index is 684. The zero-order chi connectivity index (χ0) is 20.4. The Morgan fingerprint density at radius 1 is 1.26 bits per heavy atom. The number of benzene rings is 1. The lowest BCUT2D eigenvalue weighted by molar-refractivity contribution is -0.156. The van der Waals surface area contributed by atoms with Gasteiger partial charge in [-0.3, -0.25) is 0 Å². The number of carbonyl (C=O) groups excluding carboxylic acids is 2. The van der Waals surface area contributed by atoms with Crippen LogP contribution < -0.4 is 0 Å². The lowest BCUT2D eigenvalue weighted by Crippen LogP contribution is -2.48. The number of aliphatic hydroxyl groups excluding tert-OH is 1. The summed E-state index contributed by atoms with van der Waals surface area (Å²) < 4.78 is 37.3. The molecule has 27 heavy (non-hydrogen) atoms. The second-order valence-corrected chi connectivity index (χ2v) is 7.53.